The van der Waals surface area contributed by atoms with Crippen LogP contribution in [-0.4, -0.2) is 35.7 Å². The second-order valence-corrected chi connectivity index (χ2v) is 10.3. The van der Waals surface area contributed by atoms with E-state index in [1.165, 1.54) is 18.6 Å². The van der Waals surface area contributed by atoms with E-state index in [-0.39, 0.29) is 11.3 Å². The Bertz CT molecular complexity index is 1270. The predicted octanol–water partition coefficient (Wildman–Crippen LogP) is 7.50. The van der Waals surface area contributed by atoms with Crippen molar-refractivity contribution in [1.82, 2.24) is 4.90 Å². The van der Waals surface area contributed by atoms with E-state index in [0.29, 0.717) is 18.4 Å². The maximum Gasteiger partial charge on any atom is 0.263 e. The molecule has 2 aliphatic heterocycles. The van der Waals surface area contributed by atoms with Gasteiger partial charge in [0.15, 0.2) is 0 Å². The van der Waals surface area contributed by atoms with Gasteiger partial charge in [-0.15, -0.1) is 0 Å². The minimum absolute atomic E-state index is 0.0209. The third kappa shape index (κ3) is 5.35. The van der Waals surface area contributed by atoms with Crippen LogP contribution < -0.4 is 9.47 Å². The van der Waals surface area contributed by atoms with Crippen LogP contribution in [0.25, 0.3) is 11.1 Å². The molecule has 1 saturated heterocycles. The summed E-state index contributed by atoms with van der Waals surface area (Å²) in [6.07, 6.45) is -1.72. The van der Waals surface area contributed by atoms with E-state index in [1.807, 2.05) is 31.2 Å². The smallest absolute Gasteiger partial charge is 0.263 e. The molecule has 2 aliphatic rings. The molecule has 5 rings (SSSR count). The van der Waals surface area contributed by atoms with Crippen molar-refractivity contribution in [1.29, 1.82) is 0 Å². The molecule has 0 saturated carbocycles. The summed E-state index contributed by atoms with van der Waals surface area (Å²) in [6.45, 7) is 9.34. The number of aromatic hydroxyl groups is 1. The maximum absolute atomic E-state index is 13.2. The van der Waals surface area contributed by atoms with Crippen LogP contribution in [0.5, 0.6) is 17.2 Å². The van der Waals surface area contributed by atoms with Crippen LogP contribution in [0.1, 0.15) is 62.0 Å². The molecule has 1 fully saturated rings. The van der Waals surface area contributed by atoms with Gasteiger partial charge in [0.1, 0.15) is 30.0 Å². The summed E-state index contributed by atoms with van der Waals surface area (Å²) < 4.78 is 38.9. The molecule has 194 valence electrons. The fourth-order valence-electron chi connectivity index (χ4n) is 5.28. The van der Waals surface area contributed by atoms with Crippen molar-refractivity contribution in [3.63, 3.8) is 0 Å². The lowest BCUT2D eigenvalue weighted by Gasteiger charge is -2.31. The van der Waals surface area contributed by atoms with E-state index in [0.717, 1.165) is 52.6 Å². The molecule has 1 N–H and O–H groups in total. The number of benzene rings is 3. The van der Waals surface area contributed by atoms with Gasteiger partial charge in [-0.25, -0.2) is 8.78 Å². The average molecular weight is 506 g/mol. The summed E-state index contributed by atoms with van der Waals surface area (Å²) in [6, 6.07) is 19.6. The number of rotatable bonds is 7. The molecule has 3 aromatic rings. The van der Waals surface area contributed by atoms with Gasteiger partial charge < -0.3 is 14.6 Å². The van der Waals surface area contributed by atoms with E-state index in [2.05, 4.69) is 18.7 Å². The first kappa shape index (κ1) is 25.3. The molecule has 0 radical (unpaired) electrons. The van der Waals surface area contributed by atoms with Crippen molar-refractivity contribution in [2.24, 2.45) is 5.92 Å². The Morgan fingerprint density at radius 2 is 1.78 bits per heavy atom. The van der Waals surface area contributed by atoms with Gasteiger partial charge >= 0.3 is 0 Å². The highest BCUT2D eigenvalue weighted by Crippen LogP contribution is 2.47. The van der Waals surface area contributed by atoms with Gasteiger partial charge in [0, 0.05) is 29.3 Å². The highest BCUT2D eigenvalue weighted by Gasteiger charge is 2.30. The standard InChI is InChI=1S/C31H33F2NO3/c1-19-14-15-34(17-19)20(2)18-36-26-11-8-23(9-12-26)30-29(22-4-6-24(7-5-22)31(32)33)21(3)27-16-25(35)10-13-28(27)37-30/h4-13,16,19-20,30-31,35H,14-15,17-18H2,1-3H3. The van der Waals surface area contributed by atoms with E-state index < -0.39 is 12.5 Å². The Balaban J connectivity index is 1.41. The van der Waals surface area contributed by atoms with Crippen molar-refractivity contribution < 1.29 is 23.4 Å². The lowest BCUT2D eigenvalue weighted by molar-refractivity contribution is 0.151. The van der Waals surface area contributed by atoms with Crippen LogP contribution in [-0.2, 0) is 0 Å². The molecule has 4 nitrogen and oxygen atoms in total. The van der Waals surface area contributed by atoms with Crippen molar-refractivity contribution in [3.05, 3.63) is 89.0 Å². The topological polar surface area (TPSA) is 41.9 Å². The first-order chi connectivity index (χ1) is 17.8. The van der Waals surface area contributed by atoms with E-state index in [4.69, 9.17) is 9.47 Å². The molecular formula is C31H33F2NO3. The summed E-state index contributed by atoms with van der Waals surface area (Å²) >= 11 is 0. The summed E-state index contributed by atoms with van der Waals surface area (Å²) in [5.41, 5.74) is 4.31. The molecule has 37 heavy (non-hydrogen) atoms. The molecule has 0 aromatic heterocycles. The van der Waals surface area contributed by atoms with Crippen LogP contribution >= 0.6 is 0 Å². The Morgan fingerprint density at radius 3 is 2.43 bits per heavy atom. The summed E-state index contributed by atoms with van der Waals surface area (Å²) in [5.74, 6) is 2.35. The van der Waals surface area contributed by atoms with Crippen LogP contribution in [0.3, 0.4) is 0 Å². The summed E-state index contributed by atoms with van der Waals surface area (Å²) in [7, 11) is 0. The lowest BCUT2D eigenvalue weighted by atomic mass is 9.86. The van der Waals surface area contributed by atoms with Crippen LogP contribution in [0.4, 0.5) is 8.78 Å². The van der Waals surface area contributed by atoms with Gasteiger partial charge in [-0.3, -0.25) is 4.90 Å². The Hall–Kier alpha value is -3.38. The summed E-state index contributed by atoms with van der Waals surface area (Å²) in [4.78, 5) is 2.48. The zero-order chi connectivity index (χ0) is 26.1. The minimum atomic E-state index is -2.52. The number of phenols is 1. The zero-order valence-corrected chi connectivity index (χ0v) is 21.5. The molecule has 3 aromatic carbocycles. The van der Waals surface area contributed by atoms with Gasteiger partial charge in [-0.1, -0.05) is 43.3 Å². The number of hydrogen-bond donors (Lipinski definition) is 1. The largest absolute Gasteiger partial charge is 0.508 e. The number of hydrogen-bond acceptors (Lipinski definition) is 4. The first-order valence-electron chi connectivity index (χ1n) is 12.9. The Morgan fingerprint density at radius 1 is 1.05 bits per heavy atom. The SMILES string of the molecule is CC1=C(c2ccc(C(F)F)cc2)C(c2ccc(OCC(C)N3CCC(C)C3)cc2)Oc2ccc(O)cc21. The molecule has 0 spiro atoms. The van der Waals surface area contributed by atoms with Gasteiger partial charge in [-0.2, -0.15) is 0 Å². The normalized spacial score (nSPS) is 20.6. The van der Waals surface area contributed by atoms with Gasteiger partial charge in [0.05, 0.1) is 0 Å². The fraction of sp³-hybridized carbons (Fsp3) is 0.355. The quantitative estimate of drug-likeness (QED) is 0.361. The number of allylic oxidation sites excluding steroid dienone is 1. The highest BCUT2D eigenvalue weighted by atomic mass is 19.3. The van der Waals surface area contributed by atoms with E-state index in [1.54, 1.807) is 30.3 Å². The van der Waals surface area contributed by atoms with Crippen molar-refractivity contribution >= 4 is 11.1 Å². The molecular weight excluding hydrogens is 472 g/mol. The molecule has 2 heterocycles. The second kappa shape index (κ2) is 10.5. The third-order valence-electron chi connectivity index (χ3n) is 7.50. The van der Waals surface area contributed by atoms with Gasteiger partial charge in [0.25, 0.3) is 6.43 Å². The van der Waals surface area contributed by atoms with Crippen molar-refractivity contribution in [2.75, 3.05) is 19.7 Å². The van der Waals surface area contributed by atoms with Crippen LogP contribution in [0, 0.1) is 5.92 Å². The van der Waals surface area contributed by atoms with Gasteiger partial charge in [0.2, 0.25) is 0 Å². The second-order valence-electron chi connectivity index (χ2n) is 10.3. The minimum Gasteiger partial charge on any atom is -0.508 e. The Labute approximate surface area is 217 Å². The van der Waals surface area contributed by atoms with Gasteiger partial charge in [-0.05, 0) is 79.8 Å². The number of likely N-dealkylation sites (tertiary alicyclic amines) is 1. The molecule has 0 aliphatic carbocycles. The van der Waals surface area contributed by atoms with Crippen molar-refractivity contribution in [2.45, 2.75) is 45.8 Å². The maximum atomic E-state index is 13.2. The third-order valence-corrected chi connectivity index (χ3v) is 7.50. The van der Waals surface area contributed by atoms with Crippen molar-refractivity contribution in [3.8, 4) is 17.2 Å². The number of alkyl halides is 2. The molecule has 3 atom stereocenters. The Kier molecular flexibility index (Phi) is 7.20. The molecule has 6 heteroatoms. The summed E-state index contributed by atoms with van der Waals surface area (Å²) in [5, 5.41) is 10.1. The van der Waals surface area contributed by atoms with Crippen LogP contribution in [0.2, 0.25) is 0 Å². The molecule has 0 amide bonds. The van der Waals surface area contributed by atoms with E-state index >= 15 is 0 Å². The number of fused-ring (bicyclic) bond motifs is 1. The number of halogens is 2. The average Bonchev–Trinajstić information content (AvgIpc) is 3.34. The first-order valence-corrected chi connectivity index (χ1v) is 12.9. The number of phenolic OH excluding ortho intramolecular Hbond substituents is 1. The van der Waals surface area contributed by atoms with E-state index in [9.17, 15) is 13.9 Å². The highest BCUT2D eigenvalue weighted by molar-refractivity contribution is 5.95. The van der Waals surface area contributed by atoms with Crippen LogP contribution in [0.15, 0.2) is 66.7 Å². The lowest BCUT2D eigenvalue weighted by Crippen LogP contribution is -2.35. The zero-order valence-electron chi connectivity index (χ0n) is 21.5. The number of nitrogens with zero attached hydrogens (tertiary/aromatic N) is 1. The monoisotopic (exact) mass is 505 g/mol. The molecule has 0 bridgehead atoms. The number of ether oxygens (including phenoxy) is 2. The predicted molar refractivity (Wildman–Crippen MR) is 142 cm³/mol. The molecule has 3 unspecified atom stereocenters. The fourth-order valence-corrected chi connectivity index (χ4v) is 5.28.